The van der Waals surface area contributed by atoms with E-state index in [0.29, 0.717) is 24.3 Å². The number of hydrogen-bond donors (Lipinski definition) is 2. The molecule has 0 bridgehead atoms. The first kappa shape index (κ1) is 17.4. The van der Waals surface area contributed by atoms with E-state index in [-0.39, 0.29) is 5.91 Å². The zero-order valence-corrected chi connectivity index (χ0v) is 14.4. The Morgan fingerprint density at radius 1 is 1.04 bits per heavy atom. The van der Waals surface area contributed by atoms with Crippen molar-refractivity contribution >= 4 is 28.4 Å². The second-order valence-corrected chi connectivity index (χ2v) is 7.57. The molecule has 25 heavy (non-hydrogen) atoms. The summed E-state index contributed by atoms with van der Waals surface area (Å²) in [7, 11) is -1.16. The van der Waals surface area contributed by atoms with Crippen molar-refractivity contribution in [1.82, 2.24) is 0 Å². The number of amides is 1. The molecule has 3 rings (SSSR count). The molecule has 3 atom stereocenters. The largest absolute Gasteiger partial charge is 0.481 e. The molecule has 2 aromatic carbocycles. The van der Waals surface area contributed by atoms with Crippen molar-refractivity contribution in [3.8, 4) is 0 Å². The summed E-state index contributed by atoms with van der Waals surface area (Å²) in [6, 6.07) is 16.4. The van der Waals surface area contributed by atoms with Crippen LogP contribution in [0.4, 0.5) is 5.69 Å². The molecule has 130 valence electrons. The zero-order chi connectivity index (χ0) is 17.8. The van der Waals surface area contributed by atoms with Gasteiger partial charge in [-0.15, -0.1) is 0 Å². The van der Waals surface area contributed by atoms with Gasteiger partial charge in [0.25, 0.3) is 0 Å². The van der Waals surface area contributed by atoms with Crippen LogP contribution in [0.25, 0.3) is 0 Å². The minimum atomic E-state index is -1.16. The van der Waals surface area contributed by atoms with E-state index in [4.69, 9.17) is 5.11 Å². The average Bonchev–Trinajstić information content (AvgIpc) is 2.54. The molecule has 3 unspecified atom stereocenters. The van der Waals surface area contributed by atoms with Gasteiger partial charge in [-0.3, -0.25) is 13.8 Å². The van der Waals surface area contributed by atoms with Crippen LogP contribution in [0.15, 0.2) is 59.5 Å². The summed E-state index contributed by atoms with van der Waals surface area (Å²) >= 11 is 0. The van der Waals surface area contributed by atoms with Gasteiger partial charge in [-0.1, -0.05) is 30.3 Å². The maximum absolute atomic E-state index is 12.4. The predicted molar refractivity (Wildman–Crippen MR) is 95.5 cm³/mol. The molecule has 1 fully saturated rings. The SMILES string of the molecule is O=C(O)C1CCC1C(=O)Nc1cccc(CS(=O)c2ccccc2)c1. The van der Waals surface area contributed by atoms with E-state index in [2.05, 4.69) is 5.32 Å². The number of nitrogens with one attached hydrogen (secondary N) is 1. The lowest BCUT2D eigenvalue weighted by atomic mass is 9.73. The summed E-state index contributed by atoms with van der Waals surface area (Å²) in [5.74, 6) is -1.89. The Hall–Kier alpha value is -2.47. The molecule has 0 saturated heterocycles. The summed E-state index contributed by atoms with van der Waals surface area (Å²) in [4.78, 5) is 24.0. The zero-order valence-electron chi connectivity index (χ0n) is 13.6. The van der Waals surface area contributed by atoms with E-state index in [1.54, 1.807) is 18.2 Å². The number of rotatable bonds is 6. The van der Waals surface area contributed by atoms with Gasteiger partial charge in [0.15, 0.2) is 0 Å². The number of carbonyl (C=O) groups excluding carboxylic acids is 1. The Morgan fingerprint density at radius 3 is 2.40 bits per heavy atom. The fourth-order valence-corrected chi connectivity index (χ4v) is 4.00. The van der Waals surface area contributed by atoms with E-state index in [1.807, 2.05) is 36.4 Å². The molecule has 1 amide bonds. The van der Waals surface area contributed by atoms with E-state index < -0.39 is 28.6 Å². The predicted octanol–water partition coefficient (Wildman–Crippen LogP) is 3.04. The van der Waals surface area contributed by atoms with E-state index >= 15 is 0 Å². The van der Waals surface area contributed by atoms with Gasteiger partial charge in [-0.05, 0) is 42.7 Å². The Balaban J connectivity index is 1.64. The summed E-state index contributed by atoms with van der Waals surface area (Å²) in [5, 5.41) is 11.8. The molecule has 2 N–H and O–H groups in total. The highest BCUT2D eigenvalue weighted by atomic mass is 32.2. The van der Waals surface area contributed by atoms with Crippen LogP contribution in [-0.4, -0.2) is 21.2 Å². The quantitative estimate of drug-likeness (QED) is 0.832. The van der Waals surface area contributed by atoms with E-state index in [9.17, 15) is 13.8 Å². The highest BCUT2D eigenvalue weighted by molar-refractivity contribution is 7.84. The number of carboxylic acid groups (broad SMARTS) is 1. The van der Waals surface area contributed by atoms with Crippen LogP contribution in [0.2, 0.25) is 0 Å². The van der Waals surface area contributed by atoms with Gasteiger partial charge in [-0.2, -0.15) is 0 Å². The second-order valence-electron chi connectivity index (χ2n) is 6.12. The molecule has 1 aliphatic carbocycles. The maximum atomic E-state index is 12.4. The number of anilines is 1. The maximum Gasteiger partial charge on any atom is 0.307 e. The first-order valence-corrected chi connectivity index (χ1v) is 9.42. The molecule has 0 aliphatic heterocycles. The summed E-state index contributed by atoms with van der Waals surface area (Å²) in [6.07, 6.45) is 1.14. The Kier molecular flexibility index (Phi) is 5.28. The van der Waals surface area contributed by atoms with Crippen LogP contribution in [0.5, 0.6) is 0 Å². The molecule has 0 heterocycles. The summed E-state index contributed by atoms with van der Waals surface area (Å²) < 4.78 is 12.4. The minimum absolute atomic E-state index is 0.264. The van der Waals surface area contributed by atoms with Gasteiger partial charge in [0.2, 0.25) is 5.91 Å². The molecule has 2 aromatic rings. The molecule has 0 radical (unpaired) electrons. The van der Waals surface area contributed by atoms with Crippen molar-refractivity contribution in [2.24, 2.45) is 11.8 Å². The van der Waals surface area contributed by atoms with Gasteiger partial charge in [0.05, 0.1) is 28.4 Å². The Bertz CT molecular complexity index is 806. The van der Waals surface area contributed by atoms with Crippen molar-refractivity contribution < 1.29 is 18.9 Å². The average molecular weight is 357 g/mol. The molecule has 1 aliphatic rings. The minimum Gasteiger partial charge on any atom is -0.481 e. The van der Waals surface area contributed by atoms with Crippen molar-refractivity contribution in [3.05, 3.63) is 60.2 Å². The molecule has 1 saturated carbocycles. The van der Waals surface area contributed by atoms with Crippen molar-refractivity contribution in [3.63, 3.8) is 0 Å². The van der Waals surface area contributed by atoms with Gasteiger partial charge in [-0.25, -0.2) is 0 Å². The van der Waals surface area contributed by atoms with E-state index in [0.717, 1.165) is 10.5 Å². The van der Waals surface area contributed by atoms with E-state index in [1.165, 1.54) is 0 Å². The number of aliphatic carboxylic acids is 1. The lowest BCUT2D eigenvalue weighted by Crippen LogP contribution is -2.41. The third kappa shape index (κ3) is 4.14. The van der Waals surface area contributed by atoms with Crippen LogP contribution in [0.1, 0.15) is 18.4 Å². The number of carboxylic acids is 1. The molecule has 5 nitrogen and oxygen atoms in total. The lowest BCUT2D eigenvalue weighted by Gasteiger charge is -2.31. The van der Waals surface area contributed by atoms with Crippen LogP contribution in [0.3, 0.4) is 0 Å². The monoisotopic (exact) mass is 357 g/mol. The van der Waals surface area contributed by atoms with Gasteiger partial charge >= 0.3 is 5.97 Å². The highest BCUT2D eigenvalue weighted by Crippen LogP contribution is 2.35. The standard InChI is InChI=1S/C19H19NO4S/c21-18(16-9-10-17(16)19(22)23)20-14-6-4-5-13(11-14)12-25(24)15-7-2-1-3-8-15/h1-8,11,16-17H,9-10,12H2,(H,20,21)(H,22,23). The Labute approximate surface area is 148 Å². The normalized spacial score (nSPS) is 20.3. The highest BCUT2D eigenvalue weighted by Gasteiger charge is 2.41. The van der Waals surface area contributed by atoms with Crippen molar-refractivity contribution in [2.75, 3.05) is 5.32 Å². The van der Waals surface area contributed by atoms with Gasteiger partial charge in [0, 0.05) is 10.6 Å². The van der Waals surface area contributed by atoms with Crippen molar-refractivity contribution in [2.45, 2.75) is 23.5 Å². The number of hydrogen-bond acceptors (Lipinski definition) is 3. The molecular formula is C19H19NO4S. The lowest BCUT2D eigenvalue weighted by molar-refractivity contribution is -0.151. The van der Waals surface area contributed by atoms with Crippen LogP contribution < -0.4 is 5.32 Å². The molecule has 6 heteroatoms. The second kappa shape index (κ2) is 7.61. The summed E-state index contributed by atoms with van der Waals surface area (Å²) in [6.45, 7) is 0. The molecular weight excluding hydrogens is 338 g/mol. The van der Waals surface area contributed by atoms with Gasteiger partial charge < -0.3 is 10.4 Å². The first-order valence-electron chi connectivity index (χ1n) is 8.10. The van der Waals surface area contributed by atoms with Crippen molar-refractivity contribution in [1.29, 1.82) is 0 Å². The van der Waals surface area contributed by atoms with Crippen LogP contribution in [-0.2, 0) is 26.1 Å². The fraction of sp³-hybridized carbons (Fsp3) is 0.263. The molecule has 0 aromatic heterocycles. The van der Waals surface area contributed by atoms with Crippen LogP contribution in [0, 0.1) is 11.8 Å². The fourth-order valence-electron chi connectivity index (χ4n) is 2.89. The third-order valence-corrected chi connectivity index (χ3v) is 5.82. The van der Waals surface area contributed by atoms with Crippen LogP contribution >= 0.6 is 0 Å². The van der Waals surface area contributed by atoms with Gasteiger partial charge in [0.1, 0.15) is 0 Å². The number of benzene rings is 2. The topological polar surface area (TPSA) is 83.5 Å². The Morgan fingerprint density at radius 2 is 1.76 bits per heavy atom. The summed E-state index contributed by atoms with van der Waals surface area (Å²) in [5.41, 5.74) is 1.45. The number of carbonyl (C=O) groups is 2. The first-order chi connectivity index (χ1) is 12.0. The smallest absolute Gasteiger partial charge is 0.307 e. The third-order valence-electron chi connectivity index (χ3n) is 4.43. The molecule has 0 spiro atoms.